The number of hydrogen-bond acceptors (Lipinski definition) is 9. The maximum absolute atomic E-state index is 14.9. The lowest BCUT2D eigenvalue weighted by molar-refractivity contribution is 0.0996. The predicted molar refractivity (Wildman–Crippen MR) is 119 cm³/mol. The Morgan fingerprint density at radius 2 is 1.83 bits per heavy atom. The zero-order valence-corrected chi connectivity index (χ0v) is 18.0. The fourth-order valence-corrected chi connectivity index (χ4v) is 3.70. The Balaban J connectivity index is 1.58. The fourth-order valence-electron chi connectivity index (χ4n) is 3.70. The van der Waals surface area contributed by atoms with Crippen molar-refractivity contribution in [2.24, 2.45) is 26.4 Å². The number of nitrogens with two attached hydrogens (primary N) is 1. The number of carbonyl (C=O) groups excluding carboxylic acids is 2. The number of benzene rings is 2. The lowest BCUT2D eigenvalue weighted by atomic mass is 9.99. The van der Waals surface area contributed by atoms with Gasteiger partial charge in [0.2, 0.25) is 11.4 Å². The number of nitrogens with zero attached hydrogens (tertiary/aromatic N) is 6. The Bertz CT molecular complexity index is 1570. The number of aromatic nitrogens is 3. The van der Waals surface area contributed by atoms with E-state index in [0.717, 1.165) is 12.1 Å². The number of anilines is 2. The molecule has 1 aliphatic heterocycles. The number of hydrogen-bond donors (Lipinski definition) is 3. The summed E-state index contributed by atoms with van der Waals surface area (Å²) in [6.45, 7) is 1.74. The van der Waals surface area contributed by atoms with Gasteiger partial charge in [-0.25, -0.2) is 18.7 Å². The van der Waals surface area contributed by atoms with Crippen LogP contribution in [0.3, 0.4) is 0 Å². The Kier molecular flexibility index (Phi) is 5.08. The van der Waals surface area contributed by atoms with Crippen LogP contribution < -0.4 is 11.1 Å². The lowest BCUT2D eigenvalue weighted by Crippen LogP contribution is -2.17. The molecule has 2 aromatic heterocycles. The molecule has 0 unspecified atom stereocenters. The van der Waals surface area contributed by atoms with Crippen LogP contribution >= 0.6 is 0 Å². The first-order chi connectivity index (χ1) is 16.8. The largest absolute Gasteiger partial charge is 0.366 e. The number of H-pyrrole nitrogens is 1. The van der Waals surface area contributed by atoms with E-state index in [1.54, 1.807) is 31.2 Å². The van der Waals surface area contributed by atoms with Crippen LogP contribution in [0.1, 0.15) is 38.8 Å². The van der Waals surface area contributed by atoms with Crippen LogP contribution in [0.5, 0.6) is 0 Å². The molecule has 11 nitrogen and oxygen atoms in total. The quantitative estimate of drug-likeness (QED) is 0.353. The van der Waals surface area contributed by atoms with Crippen molar-refractivity contribution >= 4 is 34.2 Å². The van der Waals surface area contributed by atoms with E-state index in [4.69, 9.17) is 5.73 Å². The molecule has 0 bridgehead atoms. The zero-order valence-electron chi connectivity index (χ0n) is 18.0. The van der Waals surface area contributed by atoms with E-state index < -0.39 is 40.1 Å². The van der Waals surface area contributed by atoms with Gasteiger partial charge in [-0.05, 0) is 41.6 Å². The molecule has 174 valence electrons. The van der Waals surface area contributed by atoms with Crippen LogP contribution in [0, 0.1) is 11.6 Å². The van der Waals surface area contributed by atoms with Crippen molar-refractivity contribution in [3.05, 3.63) is 82.8 Å². The molecule has 0 fully saturated rings. The average Bonchev–Trinajstić information content (AvgIpc) is 3.47. The smallest absolute Gasteiger partial charge is 0.251 e. The van der Waals surface area contributed by atoms with Crippen molar-refractivity contribution in [3.8, 4) is 0 Å². The Hall–Kier alpha value is -4.94. The second-order valence-electron chi connectivity index (χ2n) is 7.73. The number of halogens is 2. The van der Waals surface area contributed by atoms with Gasteiger partial charge in [0.05, 0.1) is 22.1 Å². The van der Waals surface area contributed by atoms with Gasteiger partial charge >= 0.3 is 0 Å². The highest BCUT2D eigenvalue weighted by atomic mass is 19.1. The third-order valence-electron chi connectivity index (χ3n) is 5.49. The molecule has 1 aliphatic rings. The molecule has 35 heavy (non-hydrogen) atoms. The van der Waals surface area contributed by atoms with Gasteiger partial charge in [0.1, 0.15) is 29.4 Å². The van der Waals surface area contributed by atoms with Gasteiger partial charge in [0, 0.05) is 17.4 Å². The van der Waals surface area contributed by atoms with Crippen molar-refractivity contribution in [2.45, 2.75) is 12.6 Å². The summed E-state index contributed by atoms with van der Waals surface area (Å²) in [7, 11) is 0. The van der Waals surface area contributed by atoms with Crippen LogP contribution in [0.4, 0.5) is 20.3 Å². The van der Waals surface area contributed by atoms with Gasteiger partial charge in [0.25, 0.3) is 5.91 Å². The summed E-state index contributed by atoms with van der Waals surface area (Å²) in [6.07, 6.45) is 2.52. The van der Waals surface area contributed by atoms with Gasteiger partial charge in [-0.1, -0.05) is 12.1 Å². The monoisotopic (exact) mass is 475 g/mol. The number of ketones is 1. The second-order valence-corrected chi connectivity index (χ2v) is 7.73. The Morgan fingerprint density at radius 3 is 2.57 bits per heavy atom. The van der Waals surface area contributed by atoms with E-state index in [9.17, 15) is 18.4 Å². The summed E-state index contributed by atoms with van der Waals surface area (Å²) in [5, 5.41) is 18.4. The van der Waals surface area contributed by atoms with E-state index in [-0.39, 0.29) is 22.4 Å². The number of fused-ring (bicyclic) bond motifs is 1. The number of amides is 1. The van der Waals surface area contributed by atoms with E-state index >= 15 is 0 Å². The van der Waals surface area contributed by atoms with Crippen molar-refractivity contribution in [1.82, 2.24) is 15.0 Å². The van der Waals surface area contributed by atoms with Crippen LogP contribution in [0.15, 0.2) is 69.6 Å². The number of nitrogens with one attached hydrogen (secondary N) is 2. The molecule has 4 N–H and O–H groups in total. The summed E-state index contributed by atoms with van der Waals surface area (Å²) in [5.74, 6) is -4.43. The van der Waals surface area contributed by atoms with Gasteiger partial charge in [-0.3, -0.25) is 9.59 Å². The van der Waals surface area contributed by atoms with Crippen LogP contribution in [0.25, 0.3) is 11.0 Å². The van der Waals surface area contributed by atoms with Gasteiger partial charge in [0.15, 0.2) is 0 Å². The Labute approximate surface area is 195 Å². The second kappa shape index (κ2) is 8.13. The lowest BCUT2D eigenvalue weighted by Gasteiger charge is -2.16. The highest BCUT2D eigenvalue weighted by molar-refractivity contribution is 6.19. The van der Waals surface area contributed by atoms with Gasteiger partial charge < -0.3 is 16.0 Å². The molecule has 3 heterocycles. The fraction of sp³-hybridized carbons (Fsp3) is 0.0909. The molecule has 5 rings (SSSR count). The van der Waals surface area contributed by atoms with Crippen LogP contribution in [-0.2, 0) is 5.66 Å². The first-order valence-electron chi connectivity index (χ1n) is 10.1. The molecule has 0 radical (unpaired) electrons. The average molecular weight is 475 g/mol. The molecule has 1 amide bonds. The minimum atomic E-state index is -1.34. The number of aromatic amines is 1. The van der Waals surface area contributed by atoms with Gasteiger partial charge in [-0.2, -0.15) is 0 Å². The molecular weight excluding hydrogens is 460 g/mol. The van der Waals surface area contributed by atoms with Crippen molar-refractivity contribution in [2.75, 3.05) is 5.32 Å². The van der Waals surface area contributed by atoms with Crippen LogP contribution in [0.2, 0.25) is 0 Å². The zero-order chi connectivity index (χ0) is 24.7. The summed E-state index contributed by atoms with van der Waals surface area (Å²) >= 11 is 0. The molecule has 0 saturated carbocycles. The molecule has 2 aromatic carbocycles. The molecule has 0 atom stereocenters. The minimum absolute atomic E-state index is 0.107. The summed E-state index contributed by atoms with van der Waals surface area (Å²) in [6, 6.07) is 8.74. The molecular formula is C22H15F2N9O2. The SMILES string of the molecule is CC1(c2cccc(Nc3ncnc4[nH]cc(C(=O)c5c(F)ccc(C(N)=O)c5F)c34)c2)N=NN=N1. The number of rotatable bonds is 6. The summed E-state index contributed by atoms with van der Waals surface area (Å²) in [5.41, 5.74) is 4.05. The maximum Gasteiger partial charge on any atom is 0.251 e. The molecule has 0 spiro atoms. The van der Waals surface area contributed by atoms with E-state index in [0.29, 0.717) is 11.3 Å². The van der Waals surface area contributed by atoms with Crippen molar-refractivity contribution in [1.29, 1.82) is 0 Å². The number of primary amides is 1. The highest BCUT2D eigenvalue weighted by Crippen LogP contribution is 2.34. The minimum Gasteiger partial charge on any atom is -0.366 e. The van der Waals surface area contributed by atoms with E-state index in [2.05, 4.69) is 40.9 Å². The normalized spacial score (nSPS) is 13.9. The van der Waals surface area contributed by atoms with E-state index in [1.807, 2.05) is 0 Å². The van der Waals surface area contributed by atoms with Crippen molar-refractivity contribution in [3.63, 3.8) is 0 Å². The molecule has 4 aromatic rings. The standard InChI is InChI=1S/C22H15F2N9O2/c1-22(30-32-33-31-22)10-3-2-4-11(7-10)29-21-15-13(8-26-20(15)27-9-28-21)18(34)16-14(23)6-5-12(17(16)24)19(25)35/h2-9H,1H3,(H2,25,35)(H2,26,27,28,29). The Morgan fingerprint density at radius 1 is 1.06 bits per heavy atom. The third kappa shape index (κ3) is 3.68. The molecule has 0 aliphatic carbocycles. The summed E-state index contributed by atoms with van der Waals surface area (Å²) in [4.78, 5) is 35.8. The topological polar surface area (TPSA) is 163 Å². The first-order valence-corrected chi connectivity index (χ1v) is 10.1. The van der Waals surface area contributed by atoms with Crippen LogP contribution in [-0.4, -0.2) is 26.6 Å². The molecule has 13 heteroatoms. The number of carbonyl (C=O) groups is 2. The van der Waals surface area contributed by atoms with Gasteiger partial charge in [-0.15, -0.1) is 10.2 Å². The highest BCUT2D eigenvalue weighted by Gasteiger charge is 2.30. The van der Waals surface area contributed by atoms with E-state index in [1.165, 1.54) is 12.5 Å². The van der Waals surface area contributed by atoms with Crippen molar-refractivity contribution < 1.29 is 18.4 Å². The predicted octanol–water partition coefficient (Wildman–Crippen LogP) is 4.32. The first kappa shape index (κ1) is 21.9. The molecule has 0 saturated heterocycles. The summed E-state index contributed by atoms with van der Waals surface area (Å²) < 4.78 is 29.4. The third-order valence-corrected chi connectivity index (χ3v) is 5.49. The maximum atomic E-state index is 14.9.